The first-order valence-electron chi connectivity index (χ1n) is 5.36. The first-order chi connectivity index (χ1) is 8.03. The second kappa shape index (κ2) is 4.47. The molecule has 17 heavy (non-hydrogen) atoms. The van der Waals surface area contributed by atoms with E-state index in [2.05, 4.69) is 10.8 Å². The predicted molar refractivity (Wildman–Crippen MR) is 70.0 cm³/mol. The molecule has 0 radical (unpaired) electrons. The molecule has 4 heteroatoms. The van der Waals surface area contributed by atoms with Crippen LogP contribution in [0.4, 0.5) is 0 Å². The molecule has 0 bridgehead atoms. The fraction of sp³-hybridized carbons (Fsp3) is 0.308. The number of carbonyl (C=O) groups is 1. The molecule has 0 saturated carbocycles. The number of benzene rings is 1. The highest BCUT2D eigenvalue weighted by molar-refractivity contribution is 7.17. The normalized spacial score (nSPS) is 14.5. The van der Waals surface area contributed by atoms with Crippen LogP contribution in [-0.4, -0.2) is 13.1 Å². The van der Waals surface area contributed by atoms with Gasteiger partial charge in [-0.15, -0.1) is 11.3 Å². The first kappa shape index (κ1) is 12.1. The minimum absolute atomic E-state index is 0.180. The maximum Gasteiger partial charge on any atom is 0.307 e. The topological polar surface area (TPSA) is 52.3 Å². The molecular weight excluding hydrogens is 234 g/mol. The Kier molecular flexibility index (Phi) is 3.17. The van der Waals surface area contributed by atoms with E-state index in [1.54, 1.807) is 11.3 Å². The summed E-state index contributed by atoms with van der Waals surface area (Å²) in [7, 11) is 1.38. The van der Waals surface area contributed by atoms with Crippen LogP contribution in [0.5, 0.6) is 0 Å². The second-order valence-corrected chi connectivity index (χ2v) is 5.29. The molecule has 1 heterocycles. The molecule has 2 N–H and O–H groups in total. The SMILES string of the molecule is COC(=O)C[C@](C)(N)c1ccc2sccc2c1. The van der Waals surface area contributed by atoms with Gasteiger partial charge in [-0.25, -0.2) is 0 Å². The third kappa shape index (κ3) is 2.48. The monoisotopic (exact) mass is 249 g/mol. The minimum Gasteiger partial charge on any atom is -0.469 e. The highest BCUT2D eigenvalue weighted by atomic mass is 32.1. The van der Waals surface area contributed by atoms with Crippen molar-refractivity contribution in [1.82, 2.24) is 0 Å². The van der Waals surface area contributed by atoms with E-state index in [1.807, 2.05) is 30.5 Å². The molecule has 90 valence electrons. The fourth-order valence-electron chi connectivity index (χ4n) is 1.80. The molecule has 0 aliphatic rings. The highest BCUT2D eigenvalue weighted by Gasteiger charge is 2.25. The lowest BCUT2D eigenvalue weighted by molar-refractivity contribution is -0.141. The number of fused-ring (bicyclic) bond motifs is 1. The van der Waals surface area contributed by atoms with Crippen LogP contribution in [-0.2, 0) is 15.1 Å². The van der Waals surface area contributed by atoms with E-state index in [1.165, 1.54) is 11.8 Å². The maximum absolute atomic E-state index is 11.3. The molecule has 1 atom stereocenters. The number of nitrogens with two attached hydrogens (primary N) is 1. The van der Waals surface area contributed by atoms with E-state index < -0.39 is 5.54 Å². The first-order valence-corrected chi connectivity index (χ1v) is 6.24. The van der Waals surface area contributed by atoms with E-state index in [0.717, 1.165) is 10.9 Å². The average Bonchev–Trinajstić information content (AvgIpc) is 2.75. The van der Waals surface area contributed by atoms with Gasteiger partial charge < -0.3 is 10.5 Å². The molecule has 0 saturated heterocycles. The molecule has 2 rings (SSSR count). The van der Waals surface area contributed by atoms with Crippen LogP contribution >= 0.6 is 11.3 Å². The van der Waals surface area contributed by atoms with Crippen LogP contribution in [0.15, 0.2) is 29.6 Å². The number of thiophene rings is 1. The summed E-state index contributed by atoms with van der Waals surface area (Å²) in [5.74, 6) is -0.291. The van der Waals surface area contributed by atoms with Crippen LogP contribution in [0.1, 0.15) is 18.9 Å². The second-order valence-electron chi connectivity index (χ2n) is 4.34. The third-order valence-electron chi connectivity index (χ3n) is 2.85. The Hall–Kier alpha value is -1.39. The largest absolute Gasteiger partial charge is 0.469 e. The smallest absolute Gasteiger partial charge is 0.307 e. The number of hydrogen-bond donors (Lipinski definition) is 1. The van der Waals surface area contributed by atoms with E-state index >= 15 is 0 Å². The molecule has 0 spiro atoms. The van der Waals surface area contributed by atoms with Gasteiger partial charge in [0, 0.05) is 10.2 Å². The lowest BCUT2D eigenvalue weighted by Gasteiger charge is -2.23. The average molecular weight is 249 g/mol. The standard InChI is InChI=1S/C13H15NO2S/c1-13(14,8-12(15)16-2)10-3-4-11-9(7-10)5-6-17-11/h3-7H,8,14H2,1-2H3/t13-/m0/s1. The Morgan fingerprint density at radius 3 is 2.94 bits per heavy atom. The number of carbonyl (C=O) groups excluding carboxylic acids is 1. The molecule has 2 aromatic rings. The Labute approximate surface area is 104 Å². The number of hydrogen-bond acceptors (Lipinski definition) is 4. The number of ether oxygens (including phenoxy) is 1. The maximum atomic E-state index is 11.3. The van der Waals surface area contributed by atoms with Crippen molar-refractivity contribution in [2.75, 3.05) is 7.11 Å². The zero-order valence-electron chi connectivity index (χ0n) is 9.90. The zero-order chi connectivity index (χ0) is 12.5. The van der Waals surface area contributed by atoms with Crippen LogP contribution < -0.4 is 5.73 Å². The van der Waals surface area contributed by atoms with Crippen molar-refractivity contribution in [3.63, 3.8) is 0 Å². The van der Waals surface area contributed by atoms with Crippen molar-refractivity contribution in [3.05, 3.63) is 35.2 Å². The summed E-state index contributed by atoms with van der Waals surface area (Å²) in [4.78, 5) is 11.3. The van der Waals surface area contributed by atoms with Gasteiger partial charge in [-0.1, -0.05) is 6.07 Å². The minimum atomic E-state index is -0.691. The molecule has 0 aliphatic carbocycles. The lowest BCUT2D eigenvalue weighted by atomic mass is 9.89. The van der Waals surface area contributed by atoms with E-state index in [0.29, 0.717) is 0 Å². The van der Waals surface area contributed by atoms with Crippen LogP contribution in [0, 0.1) is 0 Å². The van der Waals surface area contributed by atoms with Gasteiger partial charge in [0.15, 0.2) is 0 Å². The van der Waals surface area contributed by atoms with Crippen LogP contribution in [0.25, 0.3) is 10.1 Å². The van der Waals surface area contributed by atoms with Crippen molar-refractivity contribution >= 4 is 27.4 Å². The quantitative estimate of drug-likeness (QED) is 0.851. The summed E-state index contributed by atoms with van der Waals surface area (Å²) < 4.78 is 5.89. The summed E-state index contributed by atoms with van der Waals surface area (Å²) in [6, 6.07) is 8.10. The number of rotatable bonds is 3. The van der Waals surface area contributed by atoms with Gasteiger partial charge in [0.1, 0.15) is 0 Å². The molecule has 1 aromatic heterocycles. The van der Waals surface area contributed by atoms with Crippen molar-refractivity contribution in [2.45, 2.75) is 18.9 Å². The van der Waals surface area contributed by atoms with Crippen LogP contribution in [0.2, 0.25) is 0 Å². The lowest BCUT2D eigenvalue weighted by Crippen LogP contribution is -2.35. The van der Waals surface area contributed by atoms with E-state index in [9.17, 15) is 4.79 Å². The van der Waals surface area contributed by atoms with Crippen molar-refractivity contribution in [1.29, 1.82) is 0 Å². The fourth-order valence-corrected chi connectivity index (χ4v) is 2.57. The number of esters is 1. The zero-order valence-corrected chi connectivity index (χ0v) is 10.7. The molecule has 1 aromatic carbocycles. The predicted octanol–water partition coefficient (Wildman–Crippen LogP) is 2.64. The Morgan fingerprint density at radius 1 is 1.47 bits per heavy atom. The summed E-state index contributed by atoms with van der Waals surface area (Å²) in [6.07, 6.45) is 0.180. The van der Waals surface area contributed by atoms with Crippen molar-refractivity contribution < 1.29 is 9.53 Å². The van der Waals surface area contributed by atoms with Gasteiger partial charge in [0.25, 0.3) is 0 Å². The van der Waals surface area contributed by atoms with Gasteiger partial charge in [-0.2, -0.15) is 0 Å². The third-order valence-corrected chi connectivity index (χ3v) is 3.75. The van der Waals surface area contributed by atoms with E-state index in [-0.39, 0.29) is 12.4 Å². The summed E-state index contributed by atoms with van der Waals surface area (Å²) in [6.45, 7) is 1.84. The van der Waals surface area contributed by atoms with E-state index in [4.69, 9.17) is 5.73 Å². The Bertz CT molecular complexity index is 545. The molecule has 3 nitrogen and oxygen atoms in total. The molecule has 0 unspecified atom stereocenters. The van der Waals surface area contributed by atoms with Gasteiger partial charge in [-0.05, 0) is 41.5 Å². The van der Waals surface area contributed by atoms with Gasteiger partial charge in [0.2, 0.25) is 0 Å². The summed E-state index contributed by atoms with van der Waals surface area (Å²) in [5.41, 5.74) is 6.44. The molecule has 0 amide bonds. The Balaban J connectivity index is 2.33. The van der Waals surface area contributed by atoms with Gasteiger partial charge in [-0.3, -0.25) is 4.79 Å². The van der Waals surface area contributed by atoms with Crippen molar-refractivity contribution in [2.24, 2.45) is 5.73 Å². The molecule has 0 aliphatic heterocycles. The highest BCUT2D eigenvalue weighted by Crippen LogP contribution is 2.28. The molecular formula is C13H15NO2S. The summed E-state index contributed by atoms with van der Waals surface area (Å²) in [5, 5.41) is 3.21. The summed E-state index contributed by atoms with van der Waals surface area (Å²) >= 11 is 1.69. The van der Waals surface area contributed by atoms with Gasteiger partial charge >= 0.3 is 5.97 Å². The molecule has 0 fully saturated rings. The van der Waals surface area contributed by atoms with Crippen molar-refractivity contribution in [3.8, 4) is 0 Å². The number of methoxy groups -OCH3 is 1. The van der Waals surface area contributed by atoms with Gasteiger partial charge in [0.05, 0.1) is 13.5 Å². The van der Waals surface area contributed by atoms with Crippen LogP contribution in [0.3, 0.4) is 0 Å². The Morgan fingerprint density at radius 2 is 2.24 bits per heavy atom.